The molecule has 8 nitrogen and oxygen atoms in total. The predicted octanol–water partition coefficient (Wildman–Crippen LogP) is 5.46. The summed E-state index contributed by atoms with van der Waals surface area (Å²) >= 11 is 12.1. The summed E-state index contributed by atoms with van der Waals surface area (Å²) in [7, 11) is 0. The Morgan fingerprint density at radius 2 is 1.57 bits per heavy atom. The van der Waals surface area contributed by atoms with E-state index in [4.69, 9.17) is 23.2 Å². The van der Waals surface area contributed by atoms with Crippen molar-refractivity contribution in [3.05, 3.63) is 93.5 Å². The zero-order chi connectivity index (χ0) is 28.5. The van der Waals surface area contributed by atoms with Gasteiger partial charge < -0.3 is 25.8 Å². The minimum Gasteiger partial charge on any atom is -0.368 e. The van der Waals surface area contributed by atoms with E-state index in [0.717, 1.165) is 17.7 Å². The number of benzene rings is 3. The number of halogens is 2. The largest absolute Gasteiger partial charge is 0.368 e. The summed E-state index contributed by atoms with van der Waals surface area (Å²) in [5.41, 5.74) is 3.21. The van der Waals surface area contributed by atoms with Crippen LogP contribution in [0.1, 0.15) is 39.6 Å². The number of anilines is 2. The fourth-order valence-corrected chi connectivity index (χ4v) is 4.89. The quantitative estimate of drug-likeness (QED) is 0.329. The number of nitrogens with one attached hydrogen (secondary N) is 3. The van der Waals surface area contributed by atoms with Crippen molar-refractivity contribution < 1.29 is 14.4 Å². The third-order valence-electron chi connectivity index (χ3n) is 6.66. The minimum absolute atomic E-state index is 0.0792. The van der Waals surface area contributed by atoms with E-state index >= 15 is 0 Å². The maximum absolute atomic E-state index is 13.2. The van der Waals surface area contributed by atoms with Crippen molar-refractivity contribution in [3.63, 3.8) is 0 Å². The van der Waals surface area contributed by atoms with Crippen LogP contribution in [0.2, 0.25) is 10.0 Å². The number of carbonyl (C=O) groups is 3. The molecule has 3 N–H and O–H groups in total. The molecular formula is C30H33Cl2N5O3. The van der Waals surface area contributed by atoms with Gasteiger partial charge in [0.15, 0.2) is 0 Å². The molecule has 210 valence electrons. The van der Waals surface area contributed by atoms with E-state index in [0.29, 0.717) is 72.5 Å². The molecule has 4 amide bonds. The van der Waals surface area contributed by atoms with E-state index in [1.54, 1.807) is 41.3 Å². The average Bonchev–Trinajstić information content (AvgIpc) is 3.20. The van der Waals surface area contributed by atoms with Crippen LogP contribution < -0.4 is 20.9 Å². The van der Waals surface area contributed by atoms with Crippen LogP contribution in [0.15, 0.2) is 66.7 Å². The summed E-state index contributed by atoms with van der Waals surface area (Å²) < 4.78 is 0. The molecule has 4 rings (SSSR count). The molecular weight excluding hydrogens is 549 g/mol. The smallest absolute Gasteiger partial charge is 0.317 e. The Labute approximate surface area is 244 Å². The topological polar surface area (TPSA) is 93.8 Å². The lowest BCUT2D eigenvalue weighted by Gasteiger charge is -2.26. The fraction of sp³-hybridized carbons (Fsp3) is 0.300. The fourth-order valence-electron chi connectivity index (χ4n) is 4.58. The van der Waals surface area contributed by atoms with Crippen LogP contribution >= 0.6 is 23.2 Å². The molecule has 0 bridgehead atoms. The van der Waals surface area contributed by atoms with Gasteiger partial charge in [-0.1, -0.05) is 41.4 Å². The molecule has 0 saturated carbocycles. The summed E-state index contributed by atoms with van der Waals surface area (Å²) in [6.45, 7) is 5.38. The van der Waals surface area contributed by atoms with Crippen LogP contribution in [0.5, 0.6) is 0 Å². The van der Waals surface area contributed by atoms with Gasteiger partial charge >= 0.3 is 6.03 Å². The van der Waals surface area contributed by atoms with Crippen LogP contribution in [0, 0.1) is 0 Å². The van der Waals surface area contributed by atoms with Gasteiger partial charge in [-0.25, -0.2) is 4.79 Å². The molecule has 10 heteroatoms. The van der Waals surface area contributed by atoms with Crippen LogP contribution in [0.4, 0.5) is 16.2 Å². The first-order valence-corrected chi connectivity index (χ1v) is 14.1. The second-order valence-corrected chi connectivity index (χ2v) is 10.4. The Balaban J connectivity index is 1.52. The van der Waals surface area contributed by atoms with E-state index < -0.39 is 0 Å². The standard InChI is InChI=1S/C30H33Cl2N5O3/c1-2-33-30(40)37-16-4-15-36(17-18-37)27-12-9-23(28(38)34-14-13-21-7-10-24(31)11-8-21)20-26(27)35-29(39)22-5-3-6-25(32)19-22/h3,5-12,19-20H,2,4,13-18H2,1H3,(H,33,40)(H,34,38)(H,35,39). The zero-order valence-electron chi connectivity index (χ0n) is 22.4. The van der Waals surface area contributed by atoms with Gasteiger partial charge in [0.1, 0.15) is 0 Å². The third-order valence-corrected chi connectivity index (χ3v) is 7.15. The summed E-state index contributed by atoms with van der Waals surface area (Å²) in [4.78, 5) is 42.5. The first kappa shape index (κ1) is 29.2. The second-order valence-electron chi connectivity index (χ2n) is 9.49. The summed E-state index contributed by atoms with van der Waals surface area (Å²) in [6, 6.07) is 19.4. The summed E-state index contributed by atoms with van der Waals surface area (Å²) in [5, 5.41) is 9.92. The summed E-state index contributed by atoms with van der Waals surface area (Å²) in [5.74, 6) is -0.570. The monoisotopic (exact) mass is 581 g/mol. The Morgan fingerprint density at radius 3 is 2.33 bits per heavy atom. The molecule has 0 aromatic heterocycles. The molecule has 1 fully saturated rings. The molecule has 3 aromatic carbocycles. The molecule has 0 aliphatic carbocycles. The third kappa shape index (κ3) is 7.90. The number of hydrogen-bond acceptors (Lipinski definition) is 4. The van der Waals surface area contributed by atoms with Crippen molar-refractivity contribution in [3.8, 4) is 0 Å². The van der Waals surface area contributed by atoms with Crippen molar-refractivity contribution in [2.75, 3.05) is 49.5 Å². The Kier molecular flexibility index (Phi) is 10.3. The molecule has 3 aromatic rings. The lowest BCUT2D eigenvalue weighted by Crippen LogP contribution is -2.42. The van der Waals surface area contributed by atoms with E-state index in [9.17, 15) is 14.4 Å². The highest BCUT2D eigenvalue weighted by Gasteiger charge is 2.22. The first-order valence-electron chi connectivity index (χ1n) is 13.4. The minimum atomic E-state index is -0.331. The van der Waals surface area contributed by atoms with Gasteiger partial charge in [-0.05, 0) is 73.9 Å². The lowest BCUT2D eigenvalue weighted by atomic mass is 10.1. The highest BCUT2D eigenvalue weighted by Crippen LogP contribution is 2.29. The van der Waals surface area contributed by atoms with Crippen molar-refractivity contribution in [1.29, 1.82) is 0 Å². The molecule has 1 saturated heterocycles. The number of carbonyl (C=O) groups excluding carboxylic acids is 3. The van der Waals surface area contributed by atoms with Crippen LogP contribution in [0.3, 0.4) is 0 Å². The average molecular weight is 583 g/mol. The van der Waals surface area contributed by atoms with Gasteiger partial charge in [0.2, 0.25) is 0 Å². The molecule has 1 aliphatic heterocycles. The molecule has 1 heterocycles. The Bertz CT molecular complexity index is 1350. The number of hydrogen-bond donors (Lipinski definition) is 3. The van der Waals surface area contributed by atoms with Crippen molar-refractivity contribution in [1.82, 2.24) is 15.5 Å². The first-order chi connectivity index (χ1) is 19.3. The van der Waals surface area contributed by atoms with Crippen LogP contribution in [0.25, 0.3) is 0 Å². The highest BCUT2D eigenvalue weighted by molar-refractivity contribution is 6.31. The van der Waals surface area contributed by atoms with Gasteiger partial charge in [-0.3, -0.25) is 9.59 Å². The van der Waals surface area contributed by atoms with E-state index in [-0.39, 0.29) is 17.8 Å². The Morgan fingerprint density at radius 1 is 0.800 bits per heavy atom. The summed E-state index contributed by atoms with van der Waals surface area (Å²) in [6.07, 6.45) is 1.43. The predicted molar refractivity (Wildman–Crippen MR) is 161 cm³/mol. The van der Waals surface area contributed by atoms with E-state index in [1.807, 2.05) is 37.3 Å². The van der Waals surface area contributed by atoms with Gasteiger partial charge in [0, 0.05) is 60.4 Å². The van der Waals surface area contributed by atoms with Gasteiger partial charge in [0.25, 0.3) is 11.8 Å². The van der Waals surface area contributed by atoms with Crippen LogP contribution in [-0.4, -0.2) is 62.0 Å². The van der Waals surface area contributed by atoms with Crippen molar-refractivity contribution in [2.24, 2.45) is 0 Å². The highest BCUT2D eigenvalue weighted by atomic mass is 35.5. The van der Waals surface area contributed by atoms with Gasteiger partial charge in [-0.15, -0.1) is 0 Å². The number of nitrogens with zero attached hydrogens (tertiary/aromatic N) is 2. The molecule has 0 radical (unpaired) electrons. The zero-order valence-corrected chi connectivity index (χ0v) is 23.9. The van der Waals surface area contributed by atoms with E-state index in [2.05, 4.69) is 20.9 Å². The molecule has 0 spiro atoms. The molecule has 0 unspecified atom stereocenters. The maximum Gasteiger partial charge on any atom is 0.317 e. The van der Waals surface area contributed by atoms with E-state index in [1.165, 1.54) is 0 Å². The van der Waals surface area contributed by atoms with Gasteiger partial charge in [0.05, 0.1) is 11.4 Å². The maximum atomic E-state index is 13.2. The number of amides is 4. The Hall–Kier alpha value is -3.75. The second kappa shape index (κ2) is 14.1. The lowest BCUT2D eigenvalue weighted by molar-refractivity contribution is 0.0952. The number of urea groups is 1. The van der Waals surface area contributed by atoms with Crippen molar-refractivity contribution >= 4 is 52.4 Å². The van der Waals surface area contributed by atoms with Crippen LogP contribution in [-0.2, 0) is 6.42 Å². The van der Waals surface area contributed by atoms with Gasteiger partial charge in [-0.2, -0.15) is 0 Å². The molecule has 0 atom stereocenters. The van der Waals surface area contributed by atoms with Crippen molar-refractivity contribution in [2.45, 2.75) is 19.8 Å². The normalized spacial score (nSPS) is 13.4. The molecule has 40 heavy (non-hydrogen) atoms. The number of rotatable bonds is 8. The SMILES string of the molecule is CCNC(=O)N1CCCN(c2ccc(C(=O)NCCc3ccc(Cl)cc3)cc2NC(=O)c2cccc(Cl)c2)CC1. The molecule has 1 aliphatic rings.